The SMILES string of the molecule is CC.CC.CC1(C2=CCC=C2)CC1.CC=C(CC)C1CCCC2[C@@H]3CC[C@]4(CC)CC[C@@](C)(CCCC)CC[C@]4(C)[C@H]3CC[C@]12C.[HH]. The van der Waals surface area contributed by atoms with Crippen molar-refractivity contribution in [3.63, 3.8) is 0 Å². The summed E-state index contributed by atoms with van der Waals surface area (Å²) in [6.07, 6.45) is 37.0. The molecule has 2 unspecified atom stereocenters. The Morgan fingerprint density at radius 2 is 1.50 bits per heavy atom. The van der Waals surface area contributed by atoms with Crippen molar-refractivity contribution in [2.75, 3.05) is 0 Å². The van der Waals surface area contributed by atoms with Crippen molar-refractivity contribution in [2.45, 2.75) is 205 Å². The molecule has 0 heterocycles. The van der Waals surface area contributed by atoms with Gasteiger partial charge in [0.2, 0.25) is 0 Å². The number of fused-ring (bicyclic) bond motifs is 5. The van der Waals surface area contributed by atoms with Gasteiger partial charge in [0, 0.05) is 1.43 Å². The van der Waals surface area contributed by atoms with E-state index in [9.17, 15) is 0 Å². The quantitative estimate of drug-likeness (QED) is 0.244. The Morgan fingerprint density at radius 3 is 2.07 bits per heavy atom. The highest BCUT2D eigenvalue weighted by molar-refractivity contribution is 5.35. The summed E-state index contributed by atoms with van der Waals surface area (Å²) in [5.74, 6) is 3.85. The minimum absolute atomic E-state index is 0. The average molecular weight is 637 g/mol. The number of hydrogen-bond acceptors (Lipinski definition) is 0. The van der Waals surface area contributed by atoms with Gasteiger partial charge in [-0.2, -0.15) is 0 Å². The summed E-state index contributed by atoms with van der Waals surface area (Å²) in [7, 11) is 0. The summed E-state index contributed by atoms with van der Waals surface area (Å²) >= 11 is 0. The van der Waals surface area contributed by atoms with Crippen LogP contribution < -0.4 is 0 Å². The van der Waals surface area contributed by atoms with E-state index in [-0.39, 0.29) is 1.43 Å². The van der Waals surface area contributed by atoms with Crippen molar-refractivity contribution in [2.24, 2.45) is 50.7 Å². The lowest BCUT2D eigenvalue weighted by molar-refractivity contribution is -0.163. The summed E-state index contributed by atoms with van der Waals surface area (Å²) in [5, 5.41) is 0. The number of hydrogen-bond donors (Lipinski definition) is 0. The predicted molar refractivity (Wildman–Crippen MR) is 209 cm³/mol. The Bertz CT molecular complexity index is 1030. The monoisotopic (exact) mass is 637 g/mol. The second-order valence-electron chi connectivity index (χ2n) is 17.5. The zero-order chi connectivity index (χ0) is 34.2. The van der Waals surface area contributed by atoms with Crippen LogP contribution in [0.1, 0.15) is 207 Å². The maximum atomic E-state index is 2.82. The van der Waals surface area contributed by atoms with Gasteiger partial charge in [0.05, 0.1) is 0 Å². The lowest BCUT2D eigenvalue weighted by Gasteiger charge is -2.66. The molecule has 0 nitrogen and oxygen atoms in total. The van der Waals surface area contributed by atoms with Gasteiger partial charge in [0.25, 0.3) is 0 Å². The van der Waals surface area contributed by atoms with E-state index in [1.165, 1.54) is 116 Å². The highest BCUT2D eigenvalue weighted by Crippen LogP contribution is 2.71. The molecule has 0 N–H and O–H groups in total. The van der Waals surface area contributed by atoms with E-state index >= 15 is 0 Å². The summed E-state index contributed by atoms with van der Waals surface area (Å²) in [4.78, 5) is 0. The summed E-state index contributed by atoms with van der Waals surface area (Å²) in [5.41, 5.74) is 6.35. The maximum Gasteiger partial charge on any atom is 0 e. The molecule has 0 radical (unpaired) electrons. The zero-order valence-electron chi connectivity index (χ0n) is 33.6. The van der Waals surface area contributed by atoms with Crippen LogP contribution in [0.3, 0.4) is 0 Å². The van der Waals surface area contributed by atoms with Crippen LogP contribution in [0, 0.1) is 50.7 Å². The highest BCUT2D eigenvalue weighted by Gasteiger charge is 2.63. The standard InChI is InChI=1S/C33H58.C9H12.2C2H6.H2/c1-8-12-18-30(5)21-23-32(7)29-17-19-31(6)27(25(9-2)10-3)14-13-15-28(31)26(29)16-20-33(32,11-4)24-22-30;1-9(6-7-9)8-4-2-3-5-8;2*1-2;/h9,26-29H,8,10-24H2,1-7H3;2,4-5H,3,6-7H2,1H3;2*1-2H3;1H/t26-,27?,28?,29-,30-,31+,32+,33+;;;;/m0..../s1. The molecule has 8 atom stereocenters. The molecule has 6 rings (SSSR count). The van der Waals surface area contributed by atoms with Gasteiger partial charge in [-0.25, -0.2) is 0 Å². The maximum absolute atomic E-state index is 2.82. The first-order valence-electron chi connectivity index (χ1n) is 21.1. The Morgan fingerprint density at radius 1 is 0.804 bits per heavy atom. The molecular weight excluding hydrogens is 553 g/mol. The lowest BCUT2D eigenvalue weighted by atomic mass is 9.39. The molecule has 5 saturated carbocycles. The van der Waals surface area contributed by atoms with Gasteiger partial charge in [-0.1, -0.05) is 125 Å². The zero-order valence-corrected chi connectivity index (χ0v) is 33.6. The Balaban J connectivity index is 0.000000461. The van der Waals surface area contributed by atoms with E-state index in [4.69, 9.17) is 0 Å². The van der Waals surface area contributed by atoms with Crippen LogP contribution in [0.15, 0.2) is 35.5 Å². The predicted octanol–water partition coefficient (Wildman–Crippen LogP) is 15.7. The van der Waals surface area contributed by atoms with E-state index in [0.29, 0.717) is 27.1 Å². The van der Waals surface area contributed by atoms with Crippen molar-refractivity contribution >= 4 is 0 Å². The molecule has 0 heteroatoms. The van der Waals surface area contributed by atoms with Crippen molar-refractivity contribution in [3.05, 3.63) is 35.5 Å². The Kier molecular flexibility index (Phi) is 14.4. The Labute approximate surface area is 292 Å². The van der Waals surface area contributed by atoms with Gasteiger partial charge in [-0.15, -0.1) is 0 Å². The van der Waals surface area contributed by atoms with Gasteiger partial charge in [0.1, 0.15) is 0 Å². The molecular formula is C46H84. The molecule has 46 heavy (non-hydrogen) atoms. The first kappa shape index (κ1) is 39.7. The molecule has 0 aromatic heterocycles. The molecule has 0 aromatic carbocycles. The van der Waals surface area contributed by atoms with E-state index in [1.54, 1.807) is 17.6 Å². The fourth-order valence-electron chi connectivity index (χ4n) is 12.1. The molecule has 0 bridgehead atoms. The van der Waals surface area contributed by atoms with Crippen LogP contribution in [0.2, 0.25) is 0 Å². The van der Waals surface area contributed by atoms with Crippen LogP contribution in [0.4, 0.5) is 0 Å². The molecule has 0 saturated heterocycles. The lowest BCUT2D eigenvalue weighted by Crippen LogP contribution is -2.58. The van der Waals surface area contributed by atoms with Crippen LogP contribution in [-0.2, 0) is 0 Å². The minimum Gasteiger partial charge on any atom is -0.0882 e. The first-order valence-corrected chi connectivity index (χ1v) is 21.1. The van der Waals surface area contributed by atoms with Gasteiger partial charge >= 0.3 is 0 Å². The van der Waals surface area contributed by atoms with E-state index in [1.807, 2.05) is 27.7 Å². The fourth-order valence-corrected chi connectivity index (χ4v) is 12.1. The van der Waals surface area contributed by atoms with Crippen molar-refractivity contribution in [3.8, 4) is 0 Å². The van der Waals surface area contributed by atoms with Gasteiger partial charge in [-0.3, -0.25) is 0 Å². The normalized spacial score (nSPS) is 40.5. The van der Waals surface area contributed by atoms with E-state index in [2.05, 4.69) is 79.7 Å². The summed E-state index contributed by atoms with van der Waals surface area (Å²) < 4.78 is 0. The average Bonchev–Trinajstić information content (AvgIpc) is 3.61. The van der Waals surface area contributed by atoms with E-state index < -0.39 is 0 Å². The van der Waals surface area contributed by atoms with Crippen molar-refractivity contribution in [1.82, 2.24) is 0 Å². The molecule has 0 aromatic rings. The second-order valence-corrected chi connectivity index (χ2v) is 17.5. The smallest absolute Gasteiger partial charge is 0 e. The number of unbranched alkanes of at least 4 members (excludes halogenated alkanes) is 1. The highest BCUT2D eigenvalue weighted by atomic mass is 14.7. The summed E-state index contributed by atoms with van der Waals surface area (Å²) in [6.45, 7) is 28.3. The van der Waals surface area contributed by atoms with Crippen LogP contribution in [0.5, 0.6) is 0 Å². The number of rotatable bonds is 7. The summed E-state index contributed by atoms with van der Waals surface area (Å²) in [6, 6.07) is 0. The first-order chi connectivity index (χ1) is 22.0. The number of allylic oxidation sites excluding steroid dienone is 6. The molecule has 0 aliphatic heterocycles. The third kappa shape index (κ3) is 7.67. The minimum atomic E-state index is 0. The van der Waals surface area contributed by atoms with Crippen LogP contribution in [0.25, 0.3) is 0 Å². The topological polar surface area (TPSA) is 0 Å². The second kappa shape index (κ2) is 16.8. The molecule has 268 valence electrons. The largest absolute Gasteiger partial charge is 0.0882 e. The molecule has 5 fully saturated rings. The van der Waals surface area contributed by atoms with Gasteiger partial charge < -0.3 is 0 Å². The third-order valence-electron chi connectivity index (χ3n) is 15.6. The van der Waals surface area contributed by atoms with Crippen LogP contribution >= 0.6 is 0 Å². The molecule has 6 aliphatic carbocycles. The fraction of sp³-hybridized carbons (Fsp3) is 0.870. The van der Waals surface area contributed by atoms with Gasteiger partial charge in [0.15, 0.2) is 0 Å². The van der Waals surface area contributed by atoms with Crippen molar-refractivity contribution in [1.29, 1.82) is 0 Å². The van der Waals surface area contributed by atoms with E-state index in [0.717, 1.165) is 23.7 Å². The third-order valence-corrected chi connectivity index (χ3v) is 15.6. The molecule has 0 spiro atoms. The van der Waals surface area contributed by atoms with Crippen LogP contribution in [-0.4, -0.2) is 0 Å². The van der Waals surface area contributed by atoms with Gasteiger partial charge in [-0.05, 0) is 166 Å². The van der Waals surface area contributed by atoms with Crippen molar-refractivity contribution < 1.29 is 1.43 Å². The Hall–Kier alpha value is -0.780. The molecule has 6 aliphatic rings. The molecule has 0 amide bonds.